The van der Waals surface area contributed by atoms with E-state index in [9.17, 15) is 14.4 Å². The molecule has 0 aliphatic carbocycles. The highest BCUT2D eigenvalue weighted by Crippen LogP contribution is 2.25. The molecule has 0 N–H and O–H groups in total. The highest BCUT2D eigenvalue weighted by Gasteiger charge is 2.08. The van der Waals surface area contributed by atoms with Crippen LogP contribution in [0.15, 0.2) is 73.3 Å². The summed E-state index contributed by atoms with van der Waals surface area (Å²) in [4.78, 5) is 34.0. The van der Waals surface area contributed by atoms with Crippen LogP contribution < -0.4 is 9.47 Å². The van der Waals surface area contributed by atoms with Crippen LogP contribution in [0.2, 0.25) is 0 Å². The Hall–Kier alpha value is -3.87. The second-order valence-electron chi connectivity index (χ2n) is 5.79. The van der Waals surface area contributed by atoms with E-state index in [0.717, 1.165) is 17.2 Å². The molecule has 0 amide bonds. The second-order valence-corrected chi connectivity index (χ2v) is 5.79. The standard InChI is InChI=1S/C22H20O7/c1-4-20(23)26-13-14-27-22(25)29-19-11-7-17(8-12-19)16-5-9-18(10-6-16)28-21(24)15(2)3/h4-12H,1-2,13-14H2,3H3. The van der Waals surface area contributed by atoms with Crippen molar-refractivity contribution in [3.8, 4) is 22.6 Å². The minimum absolute atomic E-state index is 0.0867. The van der Waals surface area contributed by atoms with Crippen LogP contribution in [0.3, 0.4) is 0 Å². The molecule has 7 heteroatoms. The summed E-state index contributed by atoms with van der Waals surface area (Å²) in [5.74, 6) is -0.360. The van der Waals surface area contributed by atoms with Crippen LogP contribution in [-0.4, -0.2) is 31.3 Å². The summed E-state index contributed by atoms with van der Waals surface area (Å²) in [6.07, 6.45) is 0.110. The zero-order valence-electron chi connectivity index (χ0n) is 15.9. The smallest absolute Gasteiger partial charge is 0.459 e. The topological polar surface area (TPSA) is 88.1 Å². The maximum atomic E-state index is 11.6. The lowest BCUT2D eigenvalue weighted by Crippen LogP contribution is -2.15. The number of ether oxygens (including phenoxy) is 4. The summed E-state index contributed by atoms with van der Waals surface area (Å²) in [7, 11) is 0. The predicted octanol–water partition coefficient (Wildman–Crippen LogP) is 4.08. The molecule has 2 rings (SSSR count). The van der Waals surface area contributed by atoms with E-state index in [1.807, 2.05) is 0 Å². The van der Waals surface area contributed by atoms with Gasteiger partial charge in [-0.25, -0.2) is 14.4 Å². The molecule has 7 nitrogen and oxygen atoms in total. The van der Waals surface area contributed by atoms with Crippen LogP contribution in [0.4, 0.5) is 4.79 Å². The molecule has 0 aliphatic rings. The Morgan fingerprint density at radius 1 is 0.828 bits per heavy atom. The minimum atomic E-state index is -0.906. The van der Waals surface area contributed by atoms with Gasteiger partial charge in [-0.15, -0.1) is 0 Å². The molecule has 2 aromatic carbocycles. The summed E-state index contributed by atoms with van der Waals surface area (Å²) in [5, 5.41) is 0. The first-order valence-electron chi connectivity index (χ1n) is 8.61. The quantitative estimate of drug-likeness (QED) is 0.218. The van der Waals surface area contributed by atoms with Gasteiger partial charge >= 0.3 is 18.1 Å². The zero-order chi connectivity index (χ0) is 21.2. The van der Waals surface area contributed by atoms with Crippen molar-refractivity contribution in [1.29, 1.82) is 0 Å². The Labute approximate surface area is 168 Å². The van der Waals surface area contributed by atoms with Gasteiger partial charge in [-0.05, 0) is 42.3 Å². The Balaban J connectivity index is 1.87. The lowest BCUT2D eigenvalue weighted by Gasteiger charge is -2.08. The number of benzene rings is 2. The zero-order valence-corrected chi connectivity index (χ0v) is 15.9. The average molecular weight is 396 g/mol. The number of rotatable bonds is 8. The summed E-state index contributed by atoms with van der Waals surface area (Å²) < 4.78 is 19.7. The number of carbonyl (C=O) groups excluding carboxylic acids is 3. The van der Waals surface area contributed by atoms with Crippen molar-refractivity contribution >= 4 is 18.1 Å². The molecule has 0 saturated heterocycles. The number of hydrogen-bond donors (Lipinski definition) is 0. The van der Waals surface area contributed by atoms with Gasteiger partial charge in [0.15, 0.2) is 0 Å². The first-order valence-corrected chi connectivity index (χ1v) is 8.61. The van der Waals surface area contributed by atoms with E-state index in [1.54, 1.807) is 55.5 Å². The molecule has 0 unspecified atom stereocenters. The molecule has 29 heavy (non-hydrogen) atoms. The lowest BCUT2D eigenvalue weighted by atomic mass is 10.1. The number of hydrogen-bond acceptors (Lipinski definition) is 7. The molecule has 0 fully saturated rings. The van der Waals surface area contributed by atoms with Crippen LogP contribution in [0, 0.1) is 0 Å². The molecule has 2 aromatic rings. The highest BCUT2D eigenvalue weighted by molar-refractivity contribution is 5.88. The monoisotopic (exact) mass is 396 g/mol. The van der Waals surface area contributed by atoms with Crippen molar-refractivity contribution in [3.63, 3.8) is 0 Å². The molecular formula is C22H20O7. The first-order chi connectivity index (χ1) is 13.9. The summed E-state index contributed by atoms with van der Waals surface area (Å²) >= 11 is 0. The molecular weight excluding hydrogens is 376 g/mol. The Morgan fingerprint density at radius 2 is 1.31 bits per heavy atom. The Morgan fingerprint density at radius 3 is 1.79 bits per heavy atom. The van der Waals surface area contributed by atoms with E-state index in [-0.39, 0.29) is 13.2 Å². The van der Waals surface area contributed by atoms with E-state index < -0.39 is 18.1 Å². The van der Waals surface area contributed by atoms with Gasteiger partial charge in [0.2, 0.25) is 0 Å². The van der Waals surface area contributed by atoms with Gasteiger partial charge < -0.3 is 18.9 Å². The summed E-state index contributed by atoms with van der Waals surface area (Å²) in [6.45, 7) is 8.15. The normalized spacial score (nSPS) is 9.83. The Kier molecular flexibility index (Phi) is 7.73. The molecule has 150 valence electrons. The SMILES string of the molecule is C=CC(=O)OCCOC(=O)Oc1ccc(-c2ccc(OC(=O)C(=C)C)cc2)cc1. The van der Waals surface area contributed by atoms with Gasteiger partial charge in [0.25, 0.3) is 0 Å². The van der Waals surface area contributed by atoms with Crippen LogP contribution in [-0.2, 0) is 19.1 Å². The van der Waals surface area contributed by atoms with Crippen LogP contribution in [0.25, 0.3) is 11.1 Å². The van der Waals surface area contributed by atoms with Gasteiger partial charge in [-0.1, -0.05) is 37.4 Å². The van der Waals surface area contributed by atoms with Gasteiger partial charge in [0.1, 0.15) is 24.7 Å². The van der Waals surface area contributed by atoms with E-state index in [4.69, 9.17) is 14.2 Å². The summed E-state index contributed by atoms with van der Waals surface area (Å²) in [6, 6.07) is 13.7. The van der Waals surface area contributed by atoms with E-state index in [1.165, 1.54) is 0 Å². The van der Waals surface area contributed by atoms with Crippen molar-refractivity contribution in [2.24, 2.45) is 0 Å². The van der Waals surface area contributed by atoms with E-state index in [2.05, 4.69) is 17.9 Å². The largest absolute Gasteiger partial charge is 0.513 e. The fraction of sp³-hybridized carbons (Fsp3) is 0.136. The molecule has 0 heterocycles. The molecule has 0 bridgehead atoms. The van der Waals surface area contributed by atoms with E-state index >= 15 is 0 Å². The minimum Gasteiger partial charge on any atom is -0.459 e. The van der Waals surface area contributed by atoms with Gasteiger partial charge in [0, 0.05) is 11.6 Å². The highest BCUT2D eigenvalue weighted by atomic mass is 16.7. The molecule has 0 saturated carbocycles. The van der Waals surface area contributed by atoms with Crippen molar-refractivity contribution in [2.75, 3.05) is 13.2 Å². The average Bonchev–Trinajstić information content (AvgIpc) is 2.72. The Bertz CT molecular complexity index is 896. The van der Waals surface area contributed by atoms with Crippen molar-refractivity contribution < 1.29 is 33.3 Å². The van der Waals surface area contributed by atoms with Crippen LogP contribution in [0.1, 0.15) is 6.92 Å². The second kappa shape index (κ2) is 10.5. The molecule has 0 spiro atoms. The fourth-order valence-corrected chi connectivity index (χ4v) is 2.08. The molecule has 0 aromatic heterocycles. The maximum absolute atomic E-state index is 11.6. The molecule has 0 aliphatic heterocycles. The molecule has 0 radical (unpaired) electrons. The van der Waals surface area contributed by atoms with Crippen LogP contribution >= 0.6 is 0 Å². The maximum Gasteiger partial charge on any atom is 0.513 e. The third-order valence-corrected chi connectivity index (χ3v) is 3.52. The van der Waals surface area contributed by atoms with Crippen molar-refractivity contribution in [2.45, 2.75) is 6.92 Å². The third-order valence-electron chi connectivity index (χ3n) is 3.52. The lowest BCUT2D eigenvalue weighted by molar-refractivity contribution is -0.138. The number of carbonyl (C=O) groups is 3. The van der Waals surface area contributed by atoms with Gasteiger partial charge in [-0.3, -0.25) is 0 Å². The predicted molar refractivity (Wildman–Crippen MR) is 105 cm³/mol. The number of esters is 2. The summed E-state index contributed by atoms with van der Waals surface area (Å²) in [5.41, 5.74) is 2.08. The van der Waals surface area contributed by atoms with Crippen molar-refractivity contribution in [3.05, 3.63) is 73.3 Å². The fourth-order valence-electron chi connectivity index (χ4n) is 2.08. The molecule has 0 atom stereocenters. The van der Waals surface area contributed by atoms with Gasteiger partial charge in [-0.2, -0.15) is 0 Å². The van der Waals surface area contributed by atoms with Crippen molar-refractivity contribution in [1.82, 2.24) is 0 Å². The van der Waals surface area contributed by atoms with Crippen LogP contribution in [0.5, 0.6) is 11.5 Å². The third kappa shape index (κ3) is 6.99. The van der Waals surface area contributed by atoms with Gasteiger partial charge in [0.05, 0.1) is 0 Å². The van der Waals surface area contributed by atoms with E-state index in [0.29, 0.717) is 17.1 Å². The first kappa shape index (κ1) is 21.4.